The maximum Gasteiger partial charge on any atom is 0.344 e. The number of esters is 1. The maximum absolute atomic E-state index is 12.5. The molecule has 1 saturated carbocycles. The smallest absolute Gasteiger partial charge is 0.344 e. The van der Waals surface area contributed by atoms with Crippen molar-refractivity contribution in [2.24, 2.45) is 0 Å². The third-order valence-electron chi connectivity index (χ3n) is 3.97. The third kappa shape index (κ3) is 2.74. The zero-order valence-electron chi connectivity index (χ0n) is 12.6. The molecular weight excluding hydrogens is 284 g/mol. The Morgan fingerprint density at radius 1 is 1.27 bits per heavy atom. The highest BCUT2D eigenvalue weighted by atomic mass is 16.6. The minimum atomic E-state index is -0.417. The second-order valence-corrected chi connectivity index (χ2v) is 5.35. The van der Waals surface area contributed by atoms with Crippen LogP contribution < -0.4 is 0 Å². The molecule has 0 N–H and O–H groups in total. The Hall–Kier alpha value is -2.21. The van der Waals surface area contributed by atoms with Gasteiger partial charge in [0.15, 0.2) is 0 Å². The summed E-state index contributed by atoms with van der Waals surface area (Å²) in [5.41, 5.74) is 1.62. The molecule has 6 nitrogen and oxygen atoms in total. The molecule has 0 bridgehead atoms. The van der Waals surface area contributed by atoms with E-state index in [2.05, 4.69) is 10.1 Å². The van der Waals surface area contributed by atoms with Crippen LogP contribution in [0, 0.1) is 6.92 Å². The molecule has 0 unspecified atom stereocenters. The number of hydrogen-bond donors (Lipinski definition) is 0. The summed E-state index contributed by atoms with van der Waals surface area (Å²) in [5.74, 6) is 0.0308. The SMILES string of the molecule is CO[C@H]1CCC[C@H]1OC(=O)c1c(-c2ccncc2)noc1C. The summed E-state index contributed by atoms with van der Waals surface area (Å²) in [5, 5.41) is 3.99. The van der Waals surface area contributed by atoms with Crippen molar-refractivity contribution in [3.8, 4) is 11.3 Å². The van der Waals surface area contributed by atoms with Crippen LogP contribution in [0.1, 0.15) is 35.4 Å². The molecule has 22 heavy (non-hydrogen) atoms. The number of nitrogens with zero attached hydrogens (tertiary/aromatic N) is 2. The van der Waals surface area contributed by atoms with E-state index < -0.39 is 5.97 Å². The van der Waals surface area contributed by atoms with E-state index in [0.717, 1.165) is 24.8 Å². The second kappa shape index (κ2) is 6.27. The van der Waals surface area contributed by atoms with E-state index in [1.807, 2.05) is 0 Å². The van der Waals surface area contributed by atoms with Crippen molar-refractivity contribution in [1.82, 2.24) is 10.1 Å². The van der Waals surface area contributed by atoms with E-state index in [4.69, 9.17) is 14.0 Å². The summed E-state index contributed by atoms with van der Waals surface area (Å²) in [6.45, 7) is 1.71. The highest BCUT2D eigenvalue weighted by molar-refractivity contribution is 5.97. The third-order valence-corrected chi connectivity index (χ3v) is 3.97. The van der Waals surface area contributed by atoms with Gasteiger partial charge in [-0.15, -0.1) is 0 Å². The van der Waals surface area contributed by atoms with Crippen molar-refractivity contribution in [2.75, 3.05) is 7.11 Å². The summed E-state index contributed by atoms with van der Waals surface area (Å²) < 4.78 is 16.2. The highest BCUT2D eigenvalue weighted by Crippen LogP contribution is 2.29. The molecule has 1 fully saturated rings. The van der Waals surface area contributed by atoms with Crippen LogP contribution in [0.3, 0.4) is 0 Å². The van der Waals surface area contributed by atoms with Gasteiger partial charge < -0.3 is 14.0 Å². The number of rotatable bonds is 4. The highest BCUT2D eigenvalue weighted by Gasteiger charge is 2.33. The first-order chi connectivity index (χ1) is 10.7. The standard InChI is InChI=1S/C16H18N2O4/c1-10-14(15(18-22-10)11-6-8-17-9-7-11)16(19)21-13-5-3-4-12(13)20-2/h6-9,12-13H,3-5H2,1-2H3/t12-,13+/m0/s1. The summed E-state index contributed by atoms with van der Waals surface area (Å²) >= 11 is 0. The van der Waals surface area contributed by atoms with E-state index >= 15 is 0 Å². The molecule has 0 spiro atoms. The van der Waals surface area contributed by atoms with E-state index in [1.165, 1.54) is 0 Å². The first kappa shape index (κ1) is 14.7. The monoisotopic (exact) mass is 302 g/mol. The lowest BCUT2D eigenvalue weighted by Crippen LogP contribution is -2.28. The number of carbonyl (C=O) groups excluding carboxylic acids is 1. The van der Waals surface area contributed by atoms with Gasteiger partial charge in [-0.05, 0) is 38.3 Å². The van der Waals surface area contributed by atoms with Crippen LogP contribution in [0.25, 0.3) is 11.3 Å². The molecule has 2 atom stereocenters. The molecule has 6 heteroatoms. The first-order valence-corrected chi connectivity index (χ1v) is 7.31. The Morgan fingerprint density at radius 2 is 2.00 bits per heavy atom. The summed E-state index contributed by atoms with van der Waals surface area (Å²) in [7, 11) is 1.64. The molecule has 2 heterocycles. The molecular formula is C16H18N2O4. The number of hydrogen-bond acceptors (Lipinski definition) is 6. The van der Waals surface area contributed by atoms with Crippen molar-refractivity contribution in [2.45, 2.75) is 38.4 Å². The maximum atomic E-state index is 12.5. The average molecular weight is 302 g/mol. The van der Waals surface area contributed by atoms with Crippen LogP contribution in [-0.4, -0.2) is 35.4 Å². The van der Waals surface area contributed by atoms with E-state index in [9.17, 15) is 4.79 Å². The number of methoxy groups -OCH3 is 1. The van der Waals surface area contributed by atoms with Gasteiger partial charge in [0, 0.05) is 25.1 Å². The van der Waals surface area contributed by atoms with Crippen LogP contribution in [0.2, 0.25) is 0 Å². The van der Waals surface area contributed by atoms with Crippen molar-refractivity contribution >= 4 is 5.97 Å². The quantitative estimate of drug-likeness (QED) is 0.808. The van der Waals surface area contributed by atoms with Gasteiger partial charge in [-0.1, -0.05) is 5.16 Å². The minimum absolute atomic E-state index is 0.0338. The Kier molecular flexibility index (Phi) is 4.20. The van der Waals surface area contributed by atoms with Crippen LogP contribution >= 0.6 is 0 Å². The van der Waals surface area contributed by atoms with Gasteiger partial charge in [0.25, 0.3) is 0 Å². The second-order valence-electron chi connectivity index (χ2n) is 5.35. The predicted octanol–water partition coefficient (Wildman–Crippen LogP) is 2.77. The van der Waals surface area contributed by atoms with Crippen molar-refractivity contribution in [3.05, 3.63) is 35.9 Å². The van der Waals surface area contributed by atoms with Gasteiger partial charge in [-0.2, -0.15) is 0 Å². The van der Waals surface area contributed by atoms with E-state index in [0.29, 0.717) is 17.0 Å². The zero-order chi connectivity index (χ0) is 15.5. The lowest BCUT2D eigenvalue weighted by Gasteiger charge is -2.18. The van der Waals surface area contributed by atoms with E-state index in [-0.39, 0.29) is 12.2 Å². The molecule has 0 saturated heterocycles. The number of aromatic nitrogens is 2. The first-order valence-electron chi connectivity index (χ1n) is 7.31. The molecule has 0 amide bonds. The average Bonchev–Trinajstić information content (AvgIpc) is 3.14. The van der Waals surface area contributed by atoms with Crippen LogP contribution in [-0.2, 0) is 9.47 Å². The van der Waals surface area contributed by atoms with Crippen LogP contribution in [0.4, 0.5) is 0 Å². The summed E-state index contributed by atoms with van der Waals surface area (Å²) in [4.78, 5) is 16.5. The fourth-order valence-corrected chi connectivity index (χ4v) is 2.81. The van der Waals surface area contributed by atoms with Crippen LogP contribution in [0.5, 0.6) is 0 Å². The van der Waals surface area contributed by atoms with Gasteiger partial charge in [-0.3, -0.25) is 4.98 Å². The normalized spacial score (nSPS) is 21.0. The summed E-state index contributed by atoms with van der Waals surface area (Å²) in [6.07, 6.45) is 5.77. The Balaban J connectivity index is 1.85. The minimum Gasteiger partial charge on any atom is -0.456 e. The topological polar surface area (TPSA) is 74.5 Å². The molecule has 3 rings (SSSR count). The molecule has 2 aromatic rings. The zero-order valence-corrected chi connectivity index (χ0v) is 12.6. The molecule has 116 valence electrons. The van der Waals surface area contributed by atoms with E-state index in [1.54, 1.807) is 38.6 Å². The van der Waals surface area contributed by atoms with Gasteiger partial charge in [0.1, 0.15) is 23.1 Å². The van der Waals surface area contributed by atoms with Gasteiger partial charge in [-0.25, -0.2) is 4.79 Å². The van der Waals surface area contributed by atoms with Crippen molar-refractivity contribution in [3.63, 3.8) is 0 Å². The fourth-order valence-electron chi connectivity index (χ4n) is 2.81. The largest absolute Gasteiger partial charge is 0.456 e. The molecule has 2 aromatic heterocycles. The molecule has 0 radical (unpaired) electrons. The lowest BCUT2D eigenvalue weighted by atomic mass is 10.1. The number of ether oxygens (including phenoxy) is 2. The Bertz CT molecular complexity index is 653. The van der Waals surface area contributed by atoms with Crippen LogP contribution in [0.15, 0.2) is 29.0 Å². The predicted molar refractivity (Wildman–Crippen MR) is 78.3 cm³/mol. The van der Waals surface area contributed by atoms with Gasteiger partial charge in [0.05, 0.1) is 6.10 Å². The molecule has 1 aliphatic carbocycles. The number of aryl methyl sites for hydroxylation is 1. The Morgan fingerprint density at radius 3 is 2.73 bits per heavy atom. The summed E-state index contributed by atoms with van der Waals surface area (Å²) in [6, 6.07) is 3.56. The van der Waals surface area contributed by atoms with Crippen molar-refractivity contribution < 1.29 is 18.8 Å². The number of carbonyl (C=O) groups is 1. The number of pyridine rings is 1. The Labute approximate surface area is 128 Å². The molecule has 1 aliphatic rings. The molecule has 0 aliphatic heterocycles. The fraction of sp³-hybridized carbons (Fsp3) is 0.438. The lowest BCUT2D eigenvalue weighted by molar-refractivity contribution is -0.0207. The van der Waals surface area contributed by atoms with Gasteiger partial charge in [0.2, 0.25) is 0 Å². The molecule has 0 aromatic carbocycles. The van der Waals surface area contributed by atoms with Crippen molar-refractivity contribution in [1.29, 1.82) is 0 Å². The van der Waals surface area contributed by atoms with Gasteiger partial charge >= 0.3 is 5.97 Å².